The summed E-state index contributed by atoms with van der Waals surface area (Å²) in [4.78, 5) is 22.0. The van der Waals surface area contributed by atoms with Gasteiger partial charge in [-0.25, -0.2) is 0 Å². The van der Waals surface area contributed by atoms with Gasteiger partial charge >= 0.3 is 5.97 Å². The number of aliphatic hydroxyl groups excluding tert-OH is 4. The minimum absolute atomic E-state index is 0. The second-order valence-electron chi connectivity index (χ2n) is 7.84. The van der Waals surface area contributed by atoms with Crippen LogP contribution < -0.4 is 10.5 Å². The van der Waals surface area contributed by atoms with Gasteiger partial charge < -0.3 is 56.1 Å². The molecule has 0 aromatic heterocycles. The second kappa shape index (κ2) is 14.7. The van der Waals surface area contributed by atoms with Gasteiger partial charge in [-0.3, -0.25) is 9.59 Å². The maximum Gasteiger partial charge on any atom is 0.317 e. The number of aromatic hydroxyl groups is 3. The van der Waals surface area contributed by atoms with Gasteiger partial charge in [-0.15, -0.1) is 0 Å². The van der Waals surface area contributed by atoms with E-state index in [-0.39, 0.29) is 47.1 Å². The van der Waals surface area contributed by atoms with Crippen LogP contribution in [-0.2, 0) is 33.0 Å². The number of rotatable bonds is 8. The fourth-order valence-corrected chi connectivity index (χ4v) is 3.30. The number of ketones is 1. The quantitative estimate of drug-likeness (QED) is 0.133. The summed E-state index contributed by atoms with van der Waals surface area (Å²) in [5, 5.41) is 76.2. The average molecular weight is 575 g/mol. The molecule has 5 atom stereocenters. The number of carbonyl (C=O) groups excluding carboxylic acids is 1. The third-order valence-corrected chi connectivity index (χ3v) is 5.19. The molecule has 10 N–H and O–H groups in total. The molecule has 2 aromatic rings. The topological polar surface area (TPSA) is 240 Å². The first kappa shape index (κ1) is 32.1. The molecular formula is C23H29CuNO12. The smallest absolute Gasteiger partial charge is 0.317 e. The van der Waals surface area contributed by atoms with Crippen molar-refractivity contribution in [2.24, 2.45) is 5.73 Å². The molecule has 3 rings (SSSR count). The summed E-state index contributed by atoms with van der Waals surface area (Å²) in [5.41, 5.74) is 5.07. The molecule has 1 aliphatic heterocycles. The zero-order valence-electron chi connectivity index (χ0n) is 19.3. The number of nitrogens with two attached hydrogens (primary N) is 1. The summed E-state index contributed by atoms with van der Waals surface area (Å²) < 4.78 is 10.7. The Morgan fingerprint density at radius 2 is 1.54 bits per heavy atom. The van der Waals surface area contributed by atoms with Gasteiger partial charge in [0.15, 0.2) is 5.78 Å². The third kappa shape index (κ3) is 8.84. The van der Waals surface area contributed by atoms with Gasteiger partial charge in [0.05, 0.1) is 13.2 Å². The van der Waals surface area contributed by atoms with Crippen molar-refractivity contribution in [3.63, 3.8) is 0 Å². The first-order chi connectivity index (χ1) is 17.0. The van der Waals surface area contributed by atoms with E-state index in [0.717, 1.165) is 17.7 Å². The van der Waals surface area contributed by atoms with Gasteiger partial charge in [0.1, 0.15) is 53.0 Å². The number of carboxylic acid groups (broad SMARTS) is 1. The maximum absolute atomic E-state index is 12.8. The monoisotopic (exact) mass is 574 g/mol. The molecule has 1 heterocycles. The summed E-state index contributed by atoms with van der Waals surface area (Å²) in [6.07, 6.45) is -7.61. The van der Waals surface area contributed by atoms with Gasteiger partial charge in [-0.05, 0) is 24.1 Å². The van der Waals surface area contributed by atoms with Crippen molar-refractivity contribution in [3.05, 3.63) is 47.5 Å². The molecule has 0 saturated carbocycles. The van der Waals surface area contributed by atoms with Crippen LogP contribution in [0.1, 0.15) is 22.3 Å². The van der Waals surface area contributed by atoms with E-state index in [9.17, 15) is 45.3 Å². The summed E-state index contributed by atoms with van der Waals surface area (Å²) in [7, 11) is 0. The first-order valence-corrected chi connectivity index (χ1v) is 10.7. The number of ether oxygens (including phenoxy) is 2. The summed E-state index contributed by atoms with van der Waals surface area (Å²) in [6.45, 7) is -0.950. The number of carboxylic acids is 1. The van der Waals surface area contributed by atoms with Gasteiger partial charge in [0, 0.05) is 35.6 Å². The van der Waals surface area contributed by atoms with E-state index in [1.165, 1.54) is 12.1 Å². The number of benzene rings is 2. The largest absolute Gasteiger partial charge is 0.508 e. The fraction of sp³-hybridized carbons (Fsp3) is 0.391. The molecule has 1 radical (unpaired) electrons. The number of aryl methyl sites for hydroxylation is 1. The number of hydrogen-bond acceptors (Lipinski definition) is 12. The molecule has 0 spiro atoms. The Balaban J connectivity index is 0.00000104. The van der Waals surface area contributed by atoms with Gasteiger partial charge in [-0.2, -0.15) is 0 Å². The van der Waals surface area contributed by atoms with Crippen LogP contribution in [0.25, 0.3) is 0 Å². The molecule has 1 fully saturated rings. The molecule has 14 heteroatoms. The Labute approximate surface area is 221 Å². The molecule has 0 amide bonds. The predicted molar refractivity (Wildman–Crippen MR) is 122 cm³/mol. The van der Waals surface area contributed by atoms with Gasteiger partial charge in [-0.1, -0.05) is 12.1 Å². The van der Waals surface area contributed by atoms with Gasteiger partial charge in [0.25, 0.3) is 0 Å². The standard InChI is InChI=1S/C21H24O10.C2H5NO2.Cu/c22-9-16-18(27)19(28)20(29)21(31-16)30-15-8-12(24)7-14(26)17(15)13(25)6-3-10-1-4-11(23)5-2-10;3-1-2(4)5;/h1-2,4-5,7-8,16,18-24,26-29H,3,6,9H2;1,3H2,(H,4,5);/t16-,18-,19+,20-,21-;;/m1../s1. The Morgan fingerprint density at radius 3 is 2.08 bits per heavy atom. The minimum atomic E-state index is -1.73. The number of phenolic OH excluding ortho intramolecular Hbond substituents is 3. The zero-order valence-corrected chi connectivity index (χ0v) is 20.2. The number of phenols is 3. The van der Waals surface area contributed by atoms with E-state index in [1.807, 2.05) is 0 Å². The summed E-state index contributed by atoms with van der Waals surface area (Å²) >= 11 is 0. The van der Waals surface area contributed by atoms with Gasteiger partial charge in [0.2, 0.25) is 6.29 Å². The third-order valence-electron chi connectivity index (χ3n) is 5.19. The minimum Gasteiger partial charge on any atom is -0.508 e. The van der Waals surface area contributed by atoms with Crippen LogP contribution in [0.5, 0.6) is 23.0 Å². The van der Waals surface area contributed by atoms with Crippen molar-refractivity contribution in [1.82, 2.24) is 0 Å². The fourth-order valence-electron chi connectivity index (χ4n) is 3.30. The zero-order chi connectivity index (χ0) is 27.0. The molecule has 1 saturated heterocycles. The normalized spacial score (nSPS) is 22.7. The van der Waals surface area contributed by atoms with Crippen molar-refractivity contribution < 1.29 is 77.0 Å². The molecule has 13 nitrogen and oxygen atoms in total. The van der Waals surface area contributed by atoms with Crippen molar-refractivity contribution in [3.8, 4) is 23.0 Å². The van der Waals surface area contributed by atoms with Crippen LogP contribution in [0.4, 0.5) is 0 Å². The van der Waals surface area contributed by atoms with E-state index in [2.05, 4.69) is 5.73 Å². The van der Waals surface area contributed by atoms with Crippen molar-refractivity contribution in [2.45, 2.75) is 43.5 Å². The van der Waals surface area contributed by atoms with Crippen LogP contribution in [0.3, 0.4) is 0 Å². The van der Waals surface area contributed by atoms with E-state index in [1.54, 1.807) is 12.1 Å². The second-order valence-corrected chi connectivity index (χ2v) is 7.84. The van der Waals surface area contributed by atoms with Crippen LogP contribution in [0.15, 0.2) is 36.4 Å². The van der Waals surface area contributed by atoms with Crippen molar-refractivity contribution in [1.29, 1.82) is 0 Å². The first-order valence-electron chi connectivity index (χ1n) is 10.7. The van der Waals surface area contributed by atoms with E-state index in [0.29, 0.717) is 6.42 Å². The predicted octanol–water partition coefficient (Wildman–Crippen LogP) is -1.18. The summed E-state index contributed by atoms with van der Waals surface area (Å²) in [5.74, 6) is -2.71. The molecule has 2 aromatic carbocycles. The maximum atomic E-state index is 12.8. The molecule has 209 valence electrons. The van der Waals surface area contributed by atoms with E-state index < -0.39 is 60.6 Å². The van der Waals surface area contributed by atoms with E-state index >= 15 is 0 Å². The molecule has 1 aliphatic rings. The SMILES string of the molecule is NCC(=O)O.O=C(CCc1ccc(O)cc1)c1c(O)cc(O)cc1O[C@@H]1O[C@H](CO)[C@@H](O)[C@H](O)[C@H]1O.[Cu]. The Kier molecular flexibility index (Phi) is 12.8. The molecule has 0 unspecified atom stereocenters. The van der Waals surface area contributed by atoms with Crippen LogP contribution >= 0.6 is 0 Å². The van der Waals surface area contributed by atoms with Crippen molar-refractivity contribution >= 4 is 11.8 Å². The molecule has 0 aliphatic carbocycles. The number of aliphatic hydroxyl groups is 4. The Hall–Kier alpha value is -2.94. The van der Waals surface area contributed by atoms with Crippen LogP contribution in [-0.4, -0.2) is 96.5 Å². The number of carbonyl (C=O) groups is 2. The number of Topliss-reactive ketones (excluding diaryl/α,β-unsaturated/α-hetero) is 1. The average Bonchev–Trinajstić information content (AvgIpc) is 2.83. The molecular weight excluding hydrogens is 546 g/mol. The number of aliphatic carboxylic acids is 1. The van der Waals surface area contributed by atoms with Crippen LogP contribution in [0.2, 0.25) is 0 Å². The Bertz CT molecular complexity index is 1030. The van der Waals surface area contributed by atoms with E-state index in [4.69, 9.17) is 14.6 Å². The van der Waals surface area contributed by atoms with Crippen LogP contribution in [0, 0.1) is 0 Å². The van der Waals surface area contributed by atoms with Crippen molar-refractivity contribution in [2.75, 3.05) is 13.2 Å². The number of hydrogen-bond donors (Lipinski definition) is 9. The Morgan fingerprint density at radius 1 is 0.946 bits per heavy atom. The molecule has 0 bridgehead atoms. The molecule has 37 heavy (non-hydrogen) atoms. The summed E-state index contributed by atoms with van der Waals surface area (Å²) in [6, 6.07) is 8.23.